The first-order valence-electron chi connectivity index (χ1n) is 12.0. The average molecular weight is 477 g/mol. The summed E-state index contributed by atoms with van der Waals surface area (Å²) in [6, 6.07) is 34.4. The summed E-state index contributed by atoms with van der Waals surface area (Å²) < 4.78 is 5.38. The molecular weight excluding hydrogens is 448 g/mol. The molecule has 5 rings (SSSR count). The van der Waals surface area contributed by atoms with Gasteiger partial charge in [-0.2, -0.15) is 0 Å². The van der Waals surface area contributed by atoms with Gasteiger partial charge in [-0.3, -0.25) is 9.59 Å². The maximum absolute atomic E-state index is 14.1. The fraction of sp³-hybridized carbons (Fsp3) is 0.161. The Labute approximate surface area is 211 Å². The van der Waals surface area contributed by atoms with Gasteiger partial charge in [0.1, 0.15) is 5.75 Å². The Morgan fingerprint density at radius 2 is 1.50 bits per heavy atom. The first kappa shape index (κ1) is 23.4. The van der Waals surface area contributed by atoms with Crippen LogP contribution in [0.25, 0.3) is 0 Å². The highest BCUT2D eigenvalue weighted by Crippen LogP contribution is 2.48. The van der Waals surface area contributed by atoms with Crippen LogP contribution in [0.15, 0.2) is 109 Å². The lowest BCUT2D eigenvalue weighted by atomic mass is 9.85. The van der Waals surface area contributed by atoms with Crippen LogP contribution in [-0.2, 0) is 4.79 Å². The van der Waals surface area contributed by atoms with Gasteiger partial charge in [0.25, 0.3) is 5.91 Å². The Morgan fingerprint density at radius 1 is 0.833 bits per heavy atom. The number of carbonyl (C=O) groups excluding carboxylic acids is 2. The maximum Gasteiger partial charge on any atom is 0.258 e. The largest absolute Gasteiger partial charge is 0.497 e. The van der Waals surface area contributed by atoms with E-state index in [1.807, 2.05) is 113 Å². The van der Waals surface area contributed by atoms with E-state index in [1.54, 1.807) is 20.1 Å². The summed E-state index contributed by atoms with van der Waals surface area (Å²) in [5.41, 5.74) is 4.15. The molecule has 4 aromatic carbocycles. The summed E-state index contributed by atoms with van der Waals surface area (Å²) in [6.07, 6.45) is 0.561. The molecule has 0 N–H and O–H groups in total. The highest BCUT2D eigenvalue weighted by molar-refractivity contribution is 6.08. The maximum atomic E-state index is 14.1. The lowest BCUT2D eigenvalue weighted by molar-refractivity contribution is -0.117. The zero-order valence-corrected chi connectivity index (χ0v) is 20.4. The van der Waals surface area contributed by atoms with E-state index in [4.69, 9.17) is 4.74 Å². The van der Waals surface area contributed by atoms with E-state index >= 15 is 0 Å². The zero-order chi connectivity index (χ0) is 25.1. The molecule has 1 heterocycles. The van der Waals surface area contributed by atoms with Crippen molar-refractivity contribution in [1.82, 2.24) is 0 Å². The van der Waals surface area contributed by atoms with Crippen LogP contribution in [0.4, 0.5) is 11.4 Å². The van der Waals surface area contributed by atoms with Crippen LogP contribution in [-0.4, -0.2) is 18.9 Å². The summed E-state index contributed by atoms with van der Waals surface area (Å²) in [6.45, 7) is 1.60. The topological polar surface area (TPSA) is 49.9 Å². The van der Waals surface area contributed by atoms with Gasteiger partial charge < -0.3 is 14.5 Å². The fourth-order valence-electron chi connectivity index (χ4n) is 5.12. The molecule has 0 aliphatic carbocycles. The molecule has 2 atom stereocenters. The molecule has 2 unspecified atom stereocenters. The molecule has 0 saturated carbocycles. The Kier molecular flexibility index (Phi) is 6.54. The minimum Gasteiger partial charge on any atom is -0.497 e. The van der Waals surface area contributed by atoms with Gasteiger partial charge in [-0.1, -0.05) is 72.8 Å². The number of fused-ring (bicyclic) bond motifs is 1. The van der Waals surface area contributed by atoms with Crippen molar-refractivity contribution in [1.29, 1.82) is 0 Å². The van der Waals surface area contributed by atoms with E-state index in [1.165, 1.54) is 0 Å². The number of amides is 2. The third kappa shape index (κ3) is 4.36. The number of anilines is 2. The lowest BCUT2D eigenvalue weighted by Gasteiger charge is -2.44. The number of nitrogens with zero attached hydrogens (tertiary/aromatic N) is 2. The van der Waals surface area contributed by atoms with Gasteiger partial charge in [-0.25, -0.2) is 0 Å². The van der Waals surface area contributed by atoms with Gasteiger partial charge in [0.05, 0.1) is 19.2 Å². The second-order valence-corrected chi connectivity index (χ2v) is 8.87. The average Bonchev–Trinajstić information content (AvgIpc) is 2.93. The van der Waals surface area contributed by atoms with Crippen molar-refractivity contribution >= 4 is 23.2 Å². The van der Waals surface area contributed by atoms with E-state index in [9.17, 15) is 9.59 Å². The third-order valence-electron chi connectivity index (χ3n) is 6.72. The Balaban J connectivity index is 1.68. The van der Waals surface area contributed by atoms with E-state index in [0.29, 0.717) is 17.7 Å². The van der Waals surface area contributed by atoms with Crippen LogP contribution in [0.3, 0.4) is 0 Å². The van der Waals surface area contributed by atoms with Crippen LogP contribution in [0.1, 0.15) is 46.9 Å². The zero-order valence-electron chi connectivity index (χ0n) is 20.4. The van der Waals surface area contributed by atoms with Gasteiger partial charge >= 0.3 is 0 Å². The highest BCUT2D eigenvalue weighted by atomic mass is 16.5. The van der Waals surface area contributed by atoms with Crippen molar-refractivity contribution < 1.29 is 14.3 Å². The van der Waals surface area contributed by atoms with Crippen LogP contribution < -0.4 is 14.5 Å². The fourth-order valence-corrected chi connectivity index (χ4v) is 5.12. The highest BCUT2D eigenvalue weighted by Gasteiger charge is 2.40. The molecule has 2 amide bonds. The first-order chi connectivity index (χ1) is 17.6. The second-order valence-electron chi connectivity index (χ2n) is 8.87. The summed E-state index contributed by atoms with van der Waals surface area (Å²) in [4.78, 5) is 30.8. The van der Waals surface area contributed by atoms with E-state index in [0.717, 1.165) is 22.5 Å². The SMILES string of the molecule is COc1cccc(C(=O)N2c3ccccc3C(N(C(C)=O)c3ccccc3)CC2c2ccccc2)c1. The molecule has 4 aromatic rings. The molecule has 36 heavy (non-hydrogen) atoms. The van der Waals surface area contributed by atoms with Gasteiger partial charge in [0.15, 0.2) is 0 Å². The number of benzene rings is 4. The first-order valence-corrected chi connectivity index (χ1v) is 12.0. The van der Waals surface area contributed by atoms with Crippen LogP contribution in [0.5, 0.6) is 5.75 Å². The van der Waals surface area contributed by atoms with Crippen LogP contribution in [0, 0.1) is 0 Å². The number of hydrogen-bond donors (Lipinski definition) is 0. The van der Waals surface area contributed by atoms with Gasteiger partial charge in [-0.05, 0) is 53.9 Å². The molecular formula is C31H28N2O3. The van der Waals surface area contributed by atoms with Crippen molar-refractivity contribution in [3.8, 4) is 5.75 Å². The second kappa shape index (κ2) is 10.1. The molecule has 0 bridgehead atoms. The van der Waals surface area contributed by atoms with Crippen LogP contribution in [0.2, 0.25) is 0 Å². The number of para-hydroxylation sites is 2. The molecule has 0 spiro atoms. The number of methoxy groups -OCH3 is 1. The monoisotopic (exact) mass is 476 g/mol. The quantitative estimate of drug-likeness (QED) is 0.327. The van der Waals surface area contributed by atoms with E-state index in [2.05, 4.69) is 0 Å². The minimum atomic E-state index is -0.268. The Morgan fingerprint density at radius 3 is 2.19 bits per heavy atom. The van der Waals surface area contributed by atoms with Crippen molar-refractivity contribution in [2.24, 2.45) is 0 Å². The molecule has 180 valence electrons. The van der Waals surface area contributed by atoms with E-state index in [-0.39, 0.29) is 23.9 Å². The Hall–Kier alpha value is -4.38. The summed E-state index contributed by atoms with van der Waals surface area (Å²) >= 11 is 0. The smallest absolute Gasteiger partial charge is 0.258 e. The third-order valence-corrected chi connectivity index (χ3v) is 6.72. The van der Waals surface area contributed by atoms with Crippen LogP contribution >= 0.6 is 0 Å². The lowest BCUT2D eigenvalue weighted by Crippen LogP contribution is -2.44. The number of ether oxygens (including phenoxy) is 1. The molecule has 1 aliphatic heterocycles. The van der Waals surface area contributed by atoms with Gasteiger partial charge in [0.2, 0.25) is 5.91 Å². The van der Waals surface area contributed by atoms with Crippen molar-refractivity contribution in [3.05, 3.63) is 126 Å². The summed E-state index contributed by atoms with van der Waals surface area (Å²) in [7, 11) is 1.59. The van der Waals surface area contributed by atoms with Gasteiger partial charge in [-0.15, -0.1) is 0 Å². The summed E-state index contributed by atoms with van der Waals surface area (Å²) in [5, 5.41) is 0. The van der Waals surface area contributed by atoms with Gasteiger partial charge in [0, 0.05) is 23.9 Å². The normalized spacial score (nSPS) is 16.7. The minimum absolute atomic E-state index is 0.0413. The standard InChI is InChI=1S/C31H28N2O3/c1-22(34)32(25-15-7-4-8-16-25)30-21-29(23-12-5-3-6-13-23)33(28-19-10-9-18-27(28)30)31(35)24-14-11-17-26(20-24)36-2/h3-20,29-30H,21H2,1-2H3. The predicted molar refractivity (Wildman–Crippen MR) is 142 cm³/mol. The number of hydrogen-bond acceptors (Lipinski definition) is 3. The molecule has 5 heteroatoms. The van der Waals surface area contributed by atoms with E-state index < -0.39 is 0 Å². The molecule has 0 aromatic heterocycles. The number of carbonyl (C=O) groups is 2. The molecule has 0 radical (unpaired) electrons. The number of rotatable bonds is 5. The Bertz CT molecular complexity index is 1370. The summed E-state index contributed by atoms with van der Waals surface area (Å²) in [5.74, 6) is 0.482. The molecule has 1 aliphatic rings. The van der Waals surface area contributed by atoms with Crippen molar-refractivity contribution in [2.75, 3.05) is 16.9 Å². The van der Waals surface area contributed by atoms with Crippen molar-refractivity contribution in [3.63, 3.8) is 0 Å². The molecule has 0 fully saturated rings. The predicted octanol–water partition coefficient (Wildman–Crippen LogP) is 6.58. The molecule has 0 saturated heterocycles. The molecule has 5 nitrogen and oxygen atoms in total. The van der Waals surface area contributed by atoms with Crippen molar-refractivity contribution in [2.45, 2.75) is 25.4 Å².